The van der Waals surface area contributed by atoms with Gasteiger partial charge in [-0.15, -0.1) is 0 Å². The van der Waals surface area contributed by atoms with E-state index in [-0.39, 0.29) is 30.8 Å². The van der Waals surface area contributed by atoms with E-state index < -0.39 is 16.9 Å². The second kappa shape index (κ2) is 8.46. The van der Waals surface area contributed by atoms with Crippen LogP contribution in [-0.4, -0.2) is 47.7 Å². The van der Waals surface area contributed by atoms with Gasteiger partial charge in [-0.1, -0.05) is 20.3 Å². The minimum atomic E-state index is -1.26. The van der Waals surface area contributed by atoms with Gasteiger partial charge in [0.1, 0.15) is 5.54 Å². The molecule has 1 rings (SSSR count). The number of ether oxygens (including phenoxy) is 1. The molecule has 24 heavy (non-hydrogen) atoms. The molecule has 0 aromatic carbocycles. The fourth-order valence-electron chi connectivity index (χ4n) is 3.19. The van der Waals surface area contributed by atoms with Crippen LogP contribution in [0, 0.1) is 5.41 Å². The molecule has 0 bridgehead atoms. The topological polar surface area (TPSA) is 105 Å². The van der Waals surface area contributed by atoms with Crippen molar-refractivity contribution in [3.63, 3.8) is 0 Å². The third-order valence-corrected chi connectivity index (χ3v) is 4.94. The van der Waals surface area contributed by atoms with Crippen molar-refractivity contribution in [3.05, 3.63) is 0 Å². The normalized spacial score (nSPS) is 24.8. The van der Waals surface area contributed by atoms with Crippen LogP contribution in [0.1, 0.15) is 59.8 Å². The van der Waals surface area contributed by atoms with E-state index in [1.807, 2.05) is 20.8 Å². The highest BCUT2D eigenvalue weighted by Crippen LogP contribution is 2.51. The van der Waals surface area contributed by atoms with Crippen LogP contribution in [0.15, 0.2) is 0 Å². The van der Waals surface area contributed by atoms with E-state index in [2.05, 4.69) is 10.6 Å². The zero-order valence-electron chi connectivity index (χ0n) is 15.1. The van der Waals surface area contributed by atoms with Crippen molar-refractivity contribution in [1.82, 2.24) is 10.6 Å². The van der Waals surface area contributed by atoms with Gasteiger partial charge in [-0.25, -0.2) is 4.79 Å². The Bertz CT molecular complexity index is 478. The average Bonchev–Trinajstić information content (AvgIpc) is 2.48. The van der Waals surface area contributed by atoms with Gasteiger partial charge in [0.15, 0.2) is 0 Å². The molecule has 1 saturated carbocycles. The van der Waals surface area contributed by atoms with E-state index in [0.29, 0.717) is 19.6 Å². The summed E-state index contributed by atoms with van der Waals surface area (Å²) in [4.78, 5) is 34.7. The van der Waals surface area contributed by atoms with Gasteiger partial charge in [0.25, 0.3) is 0 Å². The minimum Gasteiger partial charge on any atom is -0.479 e. The van der Waals surface area contributed by atoms with Crippen LogP contribution in [0.25, 0.3) is 0 Å². The maximum absolute atomic E-state index is 12.2. The highest BCUT2D eigenvalue weighted by atomic mass is 16.5. The second-order valence-corrected chi connectivity index (χ2v) is 6.92. The summed E-state index contributed by atoms with van der Waals surface area (Å²) in [6.07, 6.45) is 2.67. The Morgan fingerprint density at radius 1 is 1.21 bits per heavy atom. The molecule has 1 fully saturated rings. The fraction of sp³-hybridized carbons (Fsp3) is 0.824. The van der Waals surface area contributed by atoms with E-state index in [9.17, 15) is 19.5 Å². The minimum absolute atomic E-state index is 0.0628. The molecule has 0 saturated heterocycles. The summed E-state index contributed by atoms with van der Waals surface area (Å²) in [5, 5.41) is 15.1. The first-order chi connectivity index (χ1) is 11.2. The number of carbonyl (C=O) groups excluding carboxylic acids is 2. The van der Waals surface area contributed by atoms with Gasteiger partial charge in [-0.2, -0.15) is 0 Å². The molecule has 0 heterocycles. The fourth-order valence-corrected chi connectivity index (χ4v) is 3.19. The summed E-state index contributed by atoms with van der Waals surface area (Å²) in [7, 11) is 0. The molecule has 138 valence electrons. The van der Waals surface area contributed by atoms with Crippen LogP contribution in [0.2, 0.25) is 0 Å². The summed E-state index contributed by atoms with van der Waals surface area (Å²) in [5.41, 5.74) is -1.92. The van der Waals surface area contributed by atoms with Crippen molar-refractivity contribution in [3.8, 4) is 0 Å². The molecule has 0 aliphatic heterocycles. The third-order valence-electron chi connectivity index (χ3n) is 4.94. The molecule has 3 N–H and O–H groups in total. The first kappa shape index (κ1) is 20.4. The SMILES string of the molecule is CCOC1CC(NC(=O)CCCCCNC(C)=O)(C(=O)O)C1(C)C. The summed E-state index contributed by atoms with van der Waals surface area (Å²) in [6.45, 7) is 8.09. The lowest BCUT2D eigenvalue weighted by molar-refractivity contribution is -0.194. The number of rotatable bonds is 10. The number of aliphatic carboxylic acids is 1. The van der Waals surface area contributed by atoms with Gasteiger partial charge >= 0.3 is 5.97 Å². The number of carbonyl (C=O) groups is 3. The van der Waals surface area contributed by atoms with Crippen LogP contribution in [-0.2, 0) is 19.1 Å². The highest BCUT2D eigenvalue weighted by molar-refractivity contribution is 5.89. The van der Waals surface area contributed by atoms with Crippen LogP contribution >= 0.6 is 0 Å². The number of hydrogen-bond donors (Lipinski definition) is 3. The lowest BCUT2D eigenvalue weighted by Crippen LogP contribution is -2.76. The number of carboxylic acids is 1. The number of hydrogen-bond acceptors (Lipinski definition) is 4. The van der Waals surface area contributed by atoms with Gasteiger partial charge in [-0.3, -0.25) is 9.59 Å². The zero-order valence-corrected chi connectivity index (χ0v) is 15.1. The molecule has 7 nitrogen and oxygen atoms in total. The molecule has 2 amide bonds. The predicted octanol–water partition coefficient (Wildman–Crippen LogP) is 1.46. The van der Waals surface area contributed by atoms with Crippen LogP contribution in [0.4, 0.5) is 0 Å². The van der Waals surface area contributed by atoms with Gasteiger partial charge < -0.3 is 20.5 Å². The molecule has 7 heteroatoms. The molecule has 1 aliphatic rings. The summed E-state index contributed by atoms with van der Waals surface area (Å²) < 4.78 is 5.58. The Kier molecular flexibility index (Phi) is 7.20. The molecular weight excluding hydrogens is 312 g/mol. The lowest BCUT2D eigenvalue weighted by atomic mass is 9.54. The lowest BCUT2D eigenvalue weighted by Gasteiger charge is -2.58. The highest BCUT2D eigenvalue weighted by Gasteiger charge is 2.66. The number of carboxylic acid groups (broad SMARTS) is 1. The Morgan fingerprint density at radius 2 is 1.88 bits per heavy atom. The first-order valence-electron chi connectivity index (χ1n) is 8.58. The van der Waals surface area contributed by atoms with Crippen LogP contribution < -0.4 is 10.6 Å². The Hall–Kier alpha value is -1.63. The Balaban J connectivity index is 2.45. The smallest absolute Gasteiger partial charge is 0.330 e. The standard InChI is InChI=1S/C17H30N2O5/c1-5-24-13-11-17(15(22)23,16(13,3)4)19-14(21)9-7-6-8-10-18-12(2)20/h13H,5-11H2,1-4H3,(H,18,20)(H,19,21)(H,22,23). The maximum Gasteiger partial charge on any atom is 0.330 e. The monoisotopic (exact) mass is 342 g/mol. The van der Waals surface area contributed by atoms with E-state index in [1.165, 1.54) is 6.92 Å². The summed E-state index contributed by atoms with van der Waals surface area (Å²) in [5.74, 6) is -1.32. The van der Waals surface area contributed by atoms with Gasteiger partial charge in [0.2, 0.25) is 11.8 Å². The molecule has 1 aliphatic carbocycles. The van der Waals surface area contributed by atoms with Crippen molar-refractivity contribution in [2.75, 3.05) is 13.2 Å². The largest absolute Gasteiger partial charge is 0.479 e. The van der Waals surface area contributed by atoms with Gasteiger partial charge in [0.05, 0.1) is 6.10 Å². The van der Waals surface area contributed by atoms with Crippen LogP contribution in [0.3, 0.4) is 0 Å². The summed E-state index contributed by atoms with van der Waals surface area (Å²) in [6, 6.07) is 0. The van der Waals surface area contributed by atoms with Gasteiger partial charge in [-0.05, 0) is 19.8 Å². The molecule has 0 spiro atoms. The molecule has 0 radical (unpaired) electrons. The van der Waals surface area contributed by atoms with E-state index in [0.717, 1.165) is 12.8 Å². The maximum atomic E-state index is 12.2. The number of amides is 2. The van der Waals surface area contributed by atoms with E-state index in [1.54, 1.807) is 0 Å². The van der Waals surface area contributed by atoms with Crippen molar-refractivity contribution in [1.29, 1.82) is 0 Å². The van der Waals surface area contributed by atoms with Crippen molar-refractivity contribution in [2.45, 2.75) is 71.4 Å². The molecule has 2 atom stereocenters. The van der Waals surface area contributed by atoms with Crippen molar-refractivity contribution >= 4 is 17.8 Å². The molecule has 0 aromatic rings. The molecule has 0 aromatic heterocycles. The van der Waals surface area contributed by atoms with E-state index in [4.69, 9.17) is 4.74 Å². The predicted molar refractivity (Wildman–Crippen MR) is 89.5 cm³/mol. The molecule has 2 unspecified atom stereocenters. The Morgan fingerprint density at radius 3 is 2.38 bits per heavy atom. The summed E-state index contributed by atoms with van der Waals surface area (Å²) >= 11 is 0. The molecular formula is C17H30N2O5. The van der Waals surface area contributed by atoms with Crippen molar-refractivity contribution < 1.29 is 24.2 Å². The van der Waals surface area contributed by atoms with Crippen molar-refractivity contribution in [2.24, 2.45) is 5.41 Å². The number of unbranched alkanes of at least 4 members (excludes halogenated alkanes) is 2. The third kappa shape index (κ3) is 4.47. The zero-order chi connectivity index (χ0) is 18.4. The van der Waals surface area contributed by atoms with Gasteiger partial charge in [0, 0.05) is 38.3 Å². The Labute approximate surface area is 143 Å². The van der Waals surface area contributed by atoms with Crippen LogP contribution in [0.5, 0.6) is 0 Å². The quantitative estimate of drug-likeness (QED) is 0.521. The number of nitrogens with one attached hydrogen (secondary N) is 2. The second-order valence-electron chi connectivity index (χ2n) is 6.92. The average molecular weight is 342 g/mol. The van der Waals surface area contributed by atoms with E-state index >= 15 is 0 Å². The first-order valence-corrected chi connectivity index (χ1v) is 8.58.